The molecule has 1 aliphatic heterocycles. The van der Waals surface area contributed by atoms with Gasteiger partial charge in [0.1, 0.15) is 11.5 Å². The number of amides is 1. The normalized spacial score (nSPS) is 19.1. The van der Waals surface area contributed by atoms with Crippen molar-refractivity contribution in [2.24, 2.45) is 0 Å². The van der Waals surface area contributed by atoms with Crippen LogP contribution in [0.2, 0.25) is 0 Å². The second kappa shape index (κ2) is 6.81. The van der Waals surface area contributed by atoms with Crippen LogP contribution in [0.25, 0.3) is 0 Å². The summed E-state index contributed by atoms with van der Waals surface area (Å²) in [5, 5.41) is 4.21. The number of carbonyl (C=O) groups excluding carboxylic acids is 1. The van der Waals surface area contributed by atoms with Crippen LogP contribution >= 0.6 is 0 Å². The van der Waals surface area contributed by atoms with Crippen molar-refractivity contribution in [3.05, 3.63) is 41.7 Å². The van der Waals surface area contributed by atoms with Crippen molar-refractivity contribution in [3.63, 3.8) is 0 Å². The first-order valence-electron chi connectivity index (χ1n) is 8.09. The van der Waals surface area contributed by atoms with Gasteiger partial charge < -0.3 is 13.8 Å². The molecule has 0 saturated carbocycles. The largest absolute Gasteiger partial charge is 0.459 e. The zero-order chi connectivity index (χ0) is 15.4. The molecule has 0 aromatic carbocycles. The van der Waals surface area contributed by atoms with Crippen molar-refractivity contribution in [1.29, 1.82) is 0 Å². The second-order valence-electron chi connectivity index (χ2n) is 5.81. The average Bonchev–Trinajstić information content (AvgIpc) is 3.15. The van der Waals surface area contributed by atoms with Gasteiger partial charge >= 0.3 is 0 Å². The number of likely N-dealkylation sites (tertiary alicyclic amines) is 1. The molecule has 3 heterocycles. The van der Waals surface area contributed by atoms with E-state index in [1.165, 1.54) is 6.26 Å². The molecule has 0 unspecified atom stereocenters. The Balaban J connectivity index is 1.85. The Labute approximate surface area is 130 Å². The van der Waals surface area contributed by atoms with Crippen LogP contribution in [0.15, 0.2) is 33.4 Å². The van der Waals surface area contributed by atoms with Crippen LogP contribution in [0, 0.1) is 0 Å². The molecule has 1 saturated heterocycles. The third-order valence-electron chi connectivity index (χ3n) is 4.16. The van der Waals surface area contributed by atoms with Crippen LogP contribution in [0.3, 0.4) is 0 Å². The summed E-state index contributed by atoms with van der Waals surface area (Å²) >= 11 is 0. The van der Waals surface area contributed by atoms with Crippen LogP contribution in [-0.4, -0.2) is 22.5 Å². The molecule has 118 valence electrons. The van der Waals surface area contributed by atoms with Crippen molar-refractivity contribution >= 4 is 5.91 Å². The Bertz CT molecular complexity index is 603. The Morgan fingerprint density at radius 2 is 2.32 bits per heavy atom. The lowest BCUT2D eigenvalue weighted by molar-refractivity contribution is 0.0641. The van der Waals surface area contributed by atoms with Gasteiger partial charge in [-0.25, -0.2) is 0 Å². The fourth-order valence-electron chi connectivity index (χ4n) is 3.05. The number of hydrogen-bond acceptors (Lipinski definition) is 4. The number of aromatic nitrogens is 1. The van der Waals surface area contributed by atoms with Crippen LogP contribution in [0.4, 0.5) is 0 Å². The third kappa shape index (κ3) is 3.08. The van der Waals surface area contributed by atoms with Gasteiger partial charge in [0.15, 0.2) is 5.76 Å². The van der Waals surface area contributed by atoms with Gasteiger partial charge in [0.25, 0.3) is 5.91 Å². The highest BCUT2D eigenvalue weighted by atomic mass is 16.5. The van der Waals surface area contributed by atoms with Crippen molar-refractivity contribution < 1.29 is 13.7 Å². The Hall–Kier alpha value is -2.04. The minimum Gasteiger partial charge on any atom is -0.459 e. The molecule has 0 spiro atoms. The van der Waals surface area contributed by atoms with Crippen LogP contribution < -0.4 is 0 Å². The average molecular weight is 302 g/mol. The van der Waals surface area contributed by atoms with Crippen molar-refractivity contribution in [3.8, 4) is 0 Å². The first kappa shape index (κ1) is 14.9. The molecule has 1 aliphatic rings. The molecular weight excluding hydrogens is 280 g/mol. The number of carbonyl (C=O) groups is 1. The van der Waals surface area contributed by atoms with Gasteiger partial charge in [-0.05, 0) is 31.4 Å². The van der Waals surface area contributed by atoms with Gasteiger partial charge in [-0.1, -0.05) is 24.9 Å². The molecule has 5 heteroatoms. The van der Waals surface area contributed by atoms with Crippen LogP contribution in [0.1, 0.15) is 67.1 Å². The monoisotopic (exact) mass is 302 g/mol. The Kier molecular flexibility index (Phi) is 4.61. The maximum absolute atomic E-state index is 12.7. The summed E-state index contributed by atoms with van der Waals surface area (Å²) in [5.74, 6) is 1.23. The van der Waals surface area contributed by atoms with E-state index in [2.05, 4.69) is 12.1 Å². The van der Waals surface area contributed by atoms with Crippen molar-refractivity contribution in [2.75, 3.05) is 6.54 Å². The molecular formula is C17H22N2O3. The van der Waals surface area contributed by atoms with Gasteiger partial charge in [0.05, 0.1) is 12.3 Å². The van der Waals surface area contributed by atoms with Crippen molar-refractivity contribution in [1.82, 2.24) is 10.1 Å². The van der Waals surface area contributed by atoms with E-state index in [1.54, 1.807) is 12.1 Å². The summed E-state index contributed by atoms with van der Waals surface area (Å²) in [6.07, 6.45) is 7.61. The molecule has 1 amide bonds. The molecule has 1 fully saturated rings. The molecule has 0 bridgehead atoms. The van der Waals surface area contributed by atoms with E-state index in [9.17, 15) is 4.79 Å². The first-order chi connectivity index (χ1) is 10.8. The second-order valence-corrected chi connectivity index (χ2v) is 5.81. The molecule has 3 rings (SSSR count). The van der Waals surface area contributed by atoms with Gasteiger partial charge in [0, 0.05) is 19.0 Å². The van der Waals surface area contributed by atoms with E-state index in [0.29, 0.717) is 5.76 Å². The van der Waals surface area contributed by atoms with E-state index < -0.39 is 0 Å². The van der Waals surface area contributed by atoms with E-state index in [4.69, 9.17) is 8.94 Å². The fourth-order valence-corrected chi connectivity index (χ4v) is 3.05. The van der Waals surface area contributed by atoms with Crippen molar-refractivity contribution in [2.45, 2.75) is 51.5 Å². The SMILES string of the molecule is CCCc1cc([C@H]2CCCCCN2C(=O)c2ccco2)no1. The summed E-state index contributed by atoms with van der Waals surface area (Å²) in [7, 11) is 0. The highest BCUT2D eigenvalue weighted by Gasteiger charge is 2.30. The lowest BCUT2D eigenvalue weighted by Crippen LogP contribution is -2.34. The summed E-state index contributed by atoms with van der Waals surface area (Å²) in [4.78, 5) is 14.6. The number of hydrogen-bond donors (Lipinski definition) is 0. The van der Waals surface area contributed by atoms with Gasteiger partial charge in [0.2, 0.25) is 0 Å². The third-order valence-corrected chi connectivity index (χ3v) is 4.16. The zero-order valence-corrected chi connectivity index (χ0v) is 13.0. The molecule has 5 nitrogen and oxygen atoms in total. The van der Waals surface area contributed by atoms with E-state index in [-0.39, 0.29) is 11.9 Å². The fraction of sp³-hybridized carbons (Fsp3) is 0.529. The number of rotatable bonds is 4. The highest BCUT2D eigenvalue weighted by Crippen LogP contribution is 2.31. The molecule has 2 aromatic rings. The number of furan rings is 1. The maximum Gasteiger partial charge on any atom is 0.290 e. The first-order valence-corrected chi connectivity index (χ1v) is 8.09. The standard InChI is InChI=1S/C17H22N2O3/c1-2-7-13-12-14(18-22-13)15-8-4-3-5-10-19(15)17(20)16-9-6-11-21-16/h6,9,11-12,15H,2-5,7-8,10H2,1H3/t15-/m1/s1. The summed E-state index contributed by atoms with van der Waals surface area (Å²) in [5.41, 5.74) is 0.866. The van der Waals surface area contributed by atoms with Gasteiger partial charge in [-0.2, -0.15) is 0 Å². The predicted octanol–water partition coefficient (Wildman–Crippen LogP) is 3.98. The number of nitrogens with zero attached hydrogens (tertiary/aromatic N) is 2. The van der Waals surface area contributed by atoms with E-state index >= 15 is 0 Å². The topological polar surface area (TPSA) is 59.5 Å². The predicted molar refractivity (Wildman–Crippen MR) is 81.5 cm³/mol. The zero-order valence-electron chi connectivity index (χ0n) is 13.0. The van der Waals surface area contributed by atoms with E-state index in [1.807, 2.05) is 11.0 Å². The molecule has 0 aliphatic carbocycles. The summed E-state index contributed by atoms with van der Waals surface area (Å²) in [6.45, 7) is 2.85. The number of aryl methyl sites for hydroxylation is 1. The van der Waals surface area contributed by atoms with E-state index in [0.717, 1.165) is 56.5 Å². The Morgan fingerprint density at radius 1 is 1.41 bits per heavy atom. The molecule has 22 heavy (non-hydrogen) atoms. The molecule has 1 atom stereocenters. The molecule has 0 N–H and O–H groups in total. The summed E-state index contributed by atoms with van der Waals surface area (Å²) in [6, 6.07) is 5.45. The minimum atomic E-state index is -0.0584. The maximum atomic E-state index is 12.7. The van der Waals surface area contributed by atoms with Gasteiger partial charge in [-0.3, -0.25) is 4.79 Å². The Morgan fingerprint density at radius 3 is 3.09 bits per heavy atom. The summed E-state index contributed by atoms with van der Waals surface area (Å²) < 4.78 is 10.7. The van der Waals surface area contributed by atoms with Crippen LogP contribution in [0.5, 0.6) is 0 Å². The smallest absolute Gasteiger partial charge is 0.290 e. The lowest BCUT2D eigenvalue weighted by Gasteiger charge is -2.27. The van der Waals surface area contributed by atoms with Crippen LogP contribution in [-0.2, 0) is 6.42 Å². The lowest BCUT2D eigenvalue weighted by atomic mass is 10.1. The van der Waals surface area contributed by atoms with Gasteiger partial charge in [-0.15, -0.1) is 0 Å². The molecule has 0 radical (unpaired) electrons. The minimum absolute atomic E-state index is 0.0190. The molecule has 2 aromatic heterocycles. The quantitative estimate of drug-likeness (QED) is 0.857. The highest BCUT2D eigenvalue weighted by molar-refractivity contribution is 5.91.